The van der Waals surface area contributed by atoms with E-state index in [2.05, 4.69) is 6.07 Å². The van der Waals surface area contributed by atoms with E-state index < -0.39 is 0 Å². The molecule has 1 N–H and O–H groups in total. The molecule has 0 radical (unpaired) electrons. The van der Waals surface area contributed by atoms with Crippen molar-refractivity contribution < 1.29 is 14.8 Å². The van der Waals surface area contributed by atoms with Crippen LogP contribution in [0.15, 0.2) is 24.3 Å². The Kier molecular flexibility index (Phi) is 5.92. The lowest BCUT2D eigenvalue weighted by Crippen LogP contribution is -2.41. The molecule has 28 heavy (non-hydrogen) atoms. The highest BCUT2D eigenvalue weighted by Gasteiger charge is 2.37. The zero-order chi connectivity index (χ0) is 19.5. The lowest BCUT2D eigenvalue weighted by molar-refractivity contribution is -0.157. The summed E-state index contributed by atoms with van der Waals surface area (Å²) in [6.45, 7) is 0.787. The summed E-state index contributed by atoms with van der Waals surface area (Å²) >= 11 is 1.66. The SMILES string of the molecule is O=CN(O)C[C@H](CC1CCCC1)C(=O)N1CCC[C@@H]1c1nc2ccccc2s1. The maximum absolute atomic E-state index is 13.4. The van der Waals surface area contributed by atoms with E-state index in [0.29, 0.717) is 23.9 Å². The topological polar surface area (TPSA) is 73.7 Å². The van der Waals surface area contributed by atoms with Crippen LogP contribution in [0.3, 0.4) is 0 Å². The molecule has 1 aromatic heterocycles. The quantitative estimate of drug-likeness (QED) is 0.432. The van der Waals surface area contributed by atoms with Crippen LogP contribution in [-0.4, -0.2) is 45.6 Å². The van der Waals surface area contributed by atoms with Gasteiger partial charge in [-0.3, -0.25) is 14.8 Å². The number of hydrogen-bond donors (Lipinski definition) is 1. The lowest BCUT2D eigenvalue weighted by Gasteiger charge is -2.30. The Balaban J connectivity index is 1.54. The number of rotatable bonds is 7. The van der Waals surface area contributed by atoms with Crippen molar-refractivity contribution in [2.24, 2.45) is 11.8 Å². The highest BCUT2D eigenvalue weighted by atomic mass is 32.1. The molecule has 1 aromatic carbocycles. The van der Waals surface area contributed by atoms with E-state index in [4.69, 9.17) is 4.98 Å². The molecule has 1 saturated heterocycles. The minimum absolute atomic E-state index is 0.000600. The number of thiazole rings is 1. The van der Waals surface area contributed by atoms with Crippen molar-refractivity contribution >= 4 is 33.9 Å². The van der Waals surface area contributed by atoms with E-state index in [1.807, 2.05) is 23.1 Å². The fourth-order valence-electron chi connectivity index (χ4n) is 4.73. The summed E-state index contributed by atoms with van der Waals surface area (Å²) in [5, 5.41) is 11.4. The number of carbonyl (C=O) groups is 2. The molecule has 150 valence electrons. The van der Waals surface area contributed by atoms with Gasteiger partial charge in [-0.1, -0.05) is 37.8 Å². The number of benzene rings is 1. The van der Waals surface area contributed by atoms with Crippen LogP contribution in [0.4, 0.5) is 0 Å². The molecule has 2 heterocycles. The fraction of sp³-hybridized carbons (Fsp3) is 0.571. The highest BCUT2D eigenvalue weighted by Crippen LogP contribution is 2.38. The molecule has 1 aliphatic carbocycles. The first-order valence-corrected chi connectivity index (χ1v) is 11.0. The molecule has 6 nitrogen and oxygen atoms in total. The molecule has 1 aliphatic heterocycles. The second kappa shape index (κ2) is 8.57. The number of hydroxylamine groups is 2. The summed E-state index contributed by atoms with van der Waals surface area (Å²) in [6.07, 6.45) is 7.70. The first-order chi connectivity index (χ1) is 13.7. The van der Waals surface area contributed by atoms with Gasteiger partial charge >= 0.3 is 0 Å². The molecule has 2 aliphatic rings. The monoisotopic (exact) mass is 401 g/mol. The van der Waals surface area contributed by atoms with Gasteiger partial charge in [0.15, 0.2) is 0 Å². The molecule has 4 rings (SSSR count). The zero-order valence-electron chi connectivity index (χ0n) is 16.0. The van der Waals surface area contributed by atoms with E-state index >= 15 is 0 Å². The van der Waals surface area contributed by atoms with Crippen LogP contribution in [0.5, 0.6) is 0 Å². The molecule has 7 heteroatoms. The molecule has 1 saturated carbocycles. The first kappa shape index (κ1) is 19.3. The van der Waals surface area contributed by atoms with Crippen LogP contribution in [0.2, 0.25) is 0 Å². The Morgan fingerprint density at radius 2 is 2.07 bits per heavy atom. The Morgan fingerprint density at radius 3 is 2.82 bits per heavy atom. The molecule has 0 unspecified atom stereocenters. The van der Waals surface area contributed by atoms with Gasteiger partial charge in [-0.25, -0.2) is 10.0 Å². The van der Waals surface area contributed by atoms with E-state index in [0.717, 1.165) is 47.3 Å². The van der Waals surface area contributed by atoms with Crippen LogP contribution in [0.25, 0.3) is 10.2 Å². The third-order valence-corrected chi connectivity index (χ3v) is 7.24. The van der Waals surface area contributed by atoms with Crippen molar-refractivity contribution in [3.63, 3.8) is 0 Å². The molecular weight excluding hydrogens is 374 g/mol. The predicted molar refractivity (Wildman–Crippen MR) is 108 cm³/mol. The molecule has 2 amide bonds. The minimum atomic E-state index is -0.353. The molecular formula is C21H27N3O3S. The van der Waals surface area contributed by atoms with E-state index in [-0.39, 0.29) is 24.4 Å². The predicted octanol–water partition coefficient (Wildman–Crippen LogP) is 4.00. The van der Waals surface area contributed by atoms with Gasteiger partial charge in [0, 0.05) is 6.54 Å². The Labute approximate surface area is 169 Å². The molecule has 2 aromatic rings. The maximum atomic E-state index is 13.4. The lowest BCUT2D eigenvalue weighted by atomic mass is 9.91. The number of nitrogens with zero attached hydrogens (tertiary/aromatic N) is 3. The summed E-state index contributed by atoms with van der Waals surface area (Å²) in [5.74, 6) is 0.209. The average molecular weight is 402 g/mol. The van der Waals surface area contributed by atoms with Gasteiger partial charge < -0.3 is 4.90 Å². The number of fused-ring (bicyclic) bond motifs is 1. The van der Waals surface area contributed by atoms with Crippen molar-refractivity contribution in [2.45, 2.75) is 51.0 Å². The highest BCUT2D eigenvalue weighted by molar-refractivity contribution is 7.18. The summed E-state index contributed by atoms with van der Waals surface area (Å²) in [5.41, 5.74) is 0.979. The summed E-state index contributed by atoms with van der Waals surface area (Å²) in [4.78, 5) is 31.1. The second-order valence-corrected chi connectivity index (χ2v) is 9.08. The van der Waals surface area contributed by atoms with Crippen LogP contribution in [0.1, 0.15) is 56.0 Å². The number of carbonyl (C=O) groups excluding carboxylic acids is 2. The molecule has 2 fully saturated rings. The van der Waals surface area contributed by atoms with Crippen LogP contribution >= 0.6 is 11.3 Å². The van der Waals surface area contributed by atoms with Crippen LogP contribution in [-0.2, 0) is 9.59 Å². The van der Waals surface area contributed by atoms with E-state index in [9.17, 15) is 14.8 Å². The van der Waals surface area contributed by atoms with Gasteiger partial charge in [-0.15, -0.1) is 11.3 Å². The van der Waals surface area contributed by atoms with Crippen molar-refractivity contribution in [1.82, 2.24) is 14.9 Å². The fourth-order valence-corrected chi connectivity index (χ4v) is 5.84. The van der Waals surface area contributed by atoms with Gasteiger partial charge in [0.2, 0.25) is 12.3 Å². The third kappa shape index (κ3) is 4.05. The number of para-hydroxylation sites is 1. The van der Waals surface area contributed by atoms with Crippen LogP contribution < -0.4 is 0 Å². The first-order valence-electron chi connectivity index (χ1n) is 10.2. The number of likely N-dealkylation sites (tertiary alicyclic amines) is 1. The van der Waals surface area contributed by atoms with Gasteiger partial charge in [-0.2, -0.15) is 0 Å². The Bertz CT molecular complexity index is 800. The standard InChI is InChI=1S/C21H27N3O3S/c25-14-23(27)13-16(12-15-6-1-2-7-15)21(26)24-11-5-9-18(24)20-22-17-8-3-4-10-19(17)28-20/h3-4,8,10,14-16,18,27H,1-2,5-7,9,11-13H2/t16-,18+/m0/s1. The number of aromatic nitrogens is 1. The molecule has 0 spiro atoms. The van der Waals surface area contributed by atoms with E-state index in [1.54, 1.807) is 11.3 Å². The minimum Gasteiger partial charge on any atom is -0.333 e. The number of hydrogen-bond acceptors (Lipinski definition) is 5. The zero-order valence-corrected chi connectivity index (χ0v) is 16.8. The number of amides is 2. The van der Waals surface area contributed by atoms with E-state index in [1.165, 1.54) is 12.8 Å². The van der Waals surface area contributed by atoms with Crippen LogP contribution in [0, 0.1) is 11.8 Å². The normalized spacial score (nSPS) is 21.3. The summed E-state index contributed by atoms with van der Waals surface area (Å²) in [6, 6.07) is 8.06. The van der Waals surface area contributed by atoms with Crippen molar-refractivity contribution in [1.29, 1.82) is 0 Å². The van der Waals surface area contributed by atoms with Gasteiger partial charge in [0.25, 0.3) is 0 Å². The van der Waals surface area contributed by atoms with Gasteiger partial charge in [0.05, 0.1) is 28.7 Å². The van der Waals surface area contributed by atoms with Crippen molar-refractivity contribution in [2.75, 3.05) is 13.1 Å². The van der Waals surface area contributed by atoms with Gasteiger partial charge in [-0.05, 0) is 37.3 Å². The maximum Gasteiger partial charge on any atom is 0.233 e. The summed E-state index contributed by atoms with van der Waals surface area (Å²) < 4.78 is 1.14. The van der Waals surface area contributed by atoms with Gasteiger partial charge in [0.1, 0.15) is 5.01 Å². The van der Waals surface area contributed by atoms with Crippen molar-refractivity contribution in [3.8, 4) is 0 Å². The smallest absolute Gasteiger partial charge is 0.233 e. The van der Waals surface area contributed by atoms with Crippen molar-refractivity contribution in [3.05, 3.63) is 29.3 Å². The molecule has 0 bridgehead atoms. The largest absolute Gasteiger partial charge is 0.333 e. The Hall–Kier alpha value is -1.99. The second-order valence-electron chi connectivity index (χ2n) is 8.02. The average Bonchev–Trinajstić information content (AvgIpc) is 3.45. The Morgan fingerprint density at radius 1 is 1.29 bits per heavy atom. The molecule has 2 atom stereocenters. The summed E-state index contributed by atoms with van der Waals surface area (Å²) in [7, 11) is 0. The third-order valence-electron chi connectivity index (χ3n) is 6.10.